The predicted molar refractivity (Wildman–Crippen MR) is 105 cm³/mol. The summed E-state index contributed by atoms with van der Waals surface area (Å²) >= 11 is 0. The fraction of sp³-hybridized carbons (Fsp3) is 0.333. The summed E-state index contributed by atoms with van der Waals surface area (Å²) in [4.78, 5) is 7.89. The maximum absolute atomic E-state index is 10.6. The predicted octanol–water partition coefficient (Wildman–Crippen LogP) is 3.03. The number of aliphatic hydroxyl groups is 1. The summed E-state index contributed by atoms with van der Waals surface area (Å²) in [5.74, 6) is 0.917. The largest absolute Gasteiger partial charge is 0.495 e. The number of β-amino-alcohol motifs (C(OH)–C–C–N with tert-alkyl or cyclic N) is 1. The molecular formula is C21H25N3O2. The molecule has 1 atom stereocenters. The monoisotopic (exact) mass is 351 g/mol. The van der Waals surface area contributed by atoms with Crippen molar-refractivity contribution < 1.29 is 9.84 Å². The minimum absolute atomic E-state index is 0.472. The molecule has 5 heteroatoms. The molecule has 2 aromatic carbocycles. The van der Waals surface area contributed by atoms with Gasteiger partial charge < -0.3 is 19.7 Å². The maximum Gasteiger partial charge on any atom is 0.142 e. The van der Waals surface area contributed by atoms with Crippen LogP contribution in [0.15, 0.2) is 54.7 Å². The first-order valence-electron chi connectivity index (χ1n) is 9.10. The van der Waals surface area contributed by atoms with E-state index in [9.17, 15) is 5.11 Å². The SMILES string of the molecule is COc1ccccc1N1CCN(C[C@@H](O)c2ccc3cc[nH]c3c2)CC1. The summed E-state index contributed by atoms with van der Waals surface area (Å²) in [6.45, 7) is 4.39. The number of H-pyrrole nitrogens is 1. The first-order chi connectivity index (χ1) is 12.7. The van der Waals surface area contributed by atoms with Crippen LogP contribution in [0.5, 0.6) is 5.75 Å². The van der Waals surface area contributed by atoms with Crippen LogP contribution < -0.4 is 9.64 Å². The van der Waals surface area contributed by atoms with Gasteiger partial charge in [0.05, 0.1) is 18.9 Å². The van der Waals surface area contributed by atoms with E-state index >= 15 is 0 Å². The third-order valence-electron chi connectivity index (χ3n) is 5.19. The zero-order valence-electron chi connectivity index (χ0n) is 15.1. The molecule has 0 bridgehead atoms. The van der Waals surface area contributed by atoms with Gasteiger partial charge in [0.2, 0.25) is 0 Å². The number of piperazine rings is 1. The summed E-state index contributed by atoms with van der Waals surface area (Å²) in [5.41, 5.74) is 3.18. The minimum Gasteiger partial charge on any atom is -0.495 e. The van der Waals surface area contributed by atoms with Gasteiger partial charge in [0.25, 0.3) is 0 Å². The zero-order chi connectivity index (χ0) is 17.9. The molecule has 5 nitrogen and oxygen atoms in total. The van der Waals surface area contributed by atoms with Crippen LogP contribution in [0, 0.1) is 0 Å². The molecule has 0 amide bonds. The average molecular weight is 351 g/mol. The Labute approximate surface area is 153 Å². The Balaban J connectivity index is 1.37. The Morgan fingerprint density at radius 3 is 2.69 bits per heavy atom. The third kappa shape index (κ3) is 3.41. The van der Waals surface area contributed by atoms with Gasteiger partial charge in [-0.15, -0.1) is 0 Å². The van der Waals surface area contributed by atoms with Gasteiger partial charge in [-0.2, -0.15) is 0 Å². The van der Waals surface area contributed by atoms with Crippen LogP contribution in [0.25, 0.3) is 10.9 Å². The summed E-state index contributed by atoms with van der Waals surface area (Å²) < 4.78 is 5.48. The quantitative estimate of drug-likeness (QED) is 0.742. The third-order valence-corrected chi connectivity index (χ3v) is 5.19. The van der Waals surface area contributed by atoms with Crippen LogP contribution in [0.3, 0.4) is 0 Å². The lowest BCUT2D eigenvalue weighted by molar-refractivity contribution is 0.109. The van der Waals surface area contributed by atoms with Crippen molar-refractivity contribution in [2.24, 2.45) is 0 Å². The second-order valence-electron chi connectivity index (χ2n) is 6.80. The number of nitrogens with zero attached hydrogens (tertiary/aromatic N) is 2. The summed E-state index contributed by atoms with van der Waals surface area (Å²) in [7, 11) is 1.71. The van der Waals surface area contributed by atoms with Gasteiger partial charge in [0, 0.05) is 44.4 Å². The molecule has 2 N–H and O–H groups in total. The number of hydrogen-bond donors (Lipinski definition) is 2. The molecule has 1 aliphatic heterocycles. The summed E-state index contributed by atoms with van der Waals surface area (Å²) in [6.07, 6.45) is 1.46. The molecule has 2 heterocycles. The lowest BCUT2D eigenvalue weighted by Gasteiger charge is -2.37. The van der Waals surface area contributed by atoms with Gasteiger partial charge in [-0.3, -0.25) is 4.90 Å². The van der Waals surface area contributed by atoms with Crippen LogP contribution in [0.2, 0.25) is 0 Å². The number of rotatable bonds is 5. The van der Waals surface area contributed by atoms with E-state index in [0.717, 1.165) is 48.7 Å². The van der Waals surface area contributed by atoms with E-state index in [2.05, 4.69) is 26.9 Å². The van der Waals surface area contributed by atoms with Crippen molar-refractivity contribution in [1.82, 2.24) is 9.88 Å². The first kappa shape index (κ1) is 16.9. The maximum atomic E-state index is 10.6. The number of benzene rings is 2. The van der Waals surface area contributed by atoms with Gasteiger partial charge >= 0.3 is 0 Å². The molecule has 0 aliphatic carbocycles. The van der Waals surface area contributed by atoms with E-state index in [1.807, 2.05) is 42.6 Å². The molecule has 1 aromatic heterocycles. The van der Waals surface area contributed by atoms with Gasteiger partial charge in [0.15, 0.2) is 0 Å². The highest BCUT2D eigenvalue weighted by Crippen LogP contribution is 2.28. The molecular weight excluding hydrogens is 326 g/mol. The van der Waals surface area contributed by atoms with Gasteiger partial charge in [-0.1, -0.05) is 24.3 Å². The second kappa shape index (κ2) is 7.40. The number of aliphatic hydroxyl groups excluding tert-OH is 1. The molecule has 1 saturated heterocycles. The van der Waals surface area contributed by atoms with Crippen LogP contribution in [-0.4, -0.2) is 54.8 Å². The van der Waals surface area contributed by atoms with Gasteiger partial charge in [-0.05, 0) is 35.2 Å². The molecule has 1 aliphatic rings. The number of anilines is 1. The topological polar surface area (TPSA) is 51.7 Å². The van der Waals surface area contributed by atoms with Gasteiger partial charge in [0.1, 0.15) is 5.75 Å². The number of hydrogen-bond acceptors (Lipinski definition) is 4. The van der Waals surface area contributed by atoms with Crippen LogP contribution in [-0.2, 0) is 0 Å². The number of nitrogens with one attached hydrogen (secondary N) is 1. The van der Waals surface area contributed by atoms with Crippen molar-refractivity contribution in [3.63, 3.8) is 0 Å². The number of aromatic amines is 1. The molecule has 0 saturated carbocycles. The van der Waals surface area contributed by atoms with Crippen molar-refractivity contribution >= 4 is 16.6 Å². The molecule has 26 heavy (non-hydrogen) atoms. The Hall–Kier alpha value is -2.50. The van der Waals surface area contributed by atoms with Crippen molar-refractivity contribution in [1.29, 1.82) is 0 Å². The Morgan fingerprint density at radius 1 is 1.08 bits per heavy atom. The number of ether oxygens (including phenoxy) is 1. The lowest BCUT2D eigenvalue weighted by Crippen LogP contribution is -2.47. The molecule has 1 fully saturated rings. The van der Waals surface area contributed by atoms with E-state index in [0.29, 0.717) is 6.54 Å². The summed E-state index contributed by atoms with van der Waals surface area (Å²) in [5, 5.41) is 11.8. The molecule has 136 valence electrons. The number of fused-ring (bicyclic) bond motifs is 1. The highest BCUT2D eigenvalue weighted by Gasteiger charge is 2.21. The smallest absolute Gasteiger partial charge is 0.142 e. The van der Waals surface area contributed by atoms with E-state index in [4.69, 9.17) is 4.74 Å². The van der Waals surface area contributed by atoms with E-state index in [1.54, 1.807) is 7.11 Å². The molecule has 0 spiro atoms. The Bertz CT molecular complexity index is 868. The van der Waals surface area contributed by atoms with Crippen molar-refractivity contribution in [3.8, 4) is 5.75 Å². The second-order valence-corrected chi connectivity index (χ2v) is 6.80. The molecule has 0 radical (unpaired) electrons. The highest BCUT2D eigenvalue weighted by atomic mass is 16.5. The van der Waals surface area contributed by atoms with Crippen LogP contribution in [0.4, 0.5) is 5.69 Å². The van der Waals surface area contributed by atoms with Crippen molar-refractivity contribution in [2.45, 2.75) is 6.10 Å². The Kier molecular flexibility index (Phi) is 4.82. The van der Waals surface area contributed by atoms with Crippen molar-refractivity contribution in [3.05, 3.63) is 60.3 Å². The number of para-hydroxylation sites is 2. The van der Waals surface area contributed by atoms with E-state index in [1.165, 1.54) is 5.39 Å². The van der Waals surface area contributed by atoms with E-state index in [-0.39, 0.29) is 0 Å². The number of methoxy groups -OCH3 is 1. The number of aromatic nitrogens is 1. The minimum atomic E-state index is -0.472. The van der Waals surface area contributed by atoms with Gasteiger partial charge in [-0.25, -0.2) is 0 Å². The molecule has 0 unspecified atom stereocenters. The fourth-order valence-corrected chi connectivity index (χ4v) is 3.69. The van der Waals surface area contributed by atoms with Crippen LogP contribution >= 0.6 is 0 Å². The van der Waals surface area contributed by atoms with E-state index < -0.39 is 6.10 Å². The van der Waals surface area contributed by atoms with Crippen molar-refractivity contribution in [2.75, 3.05) is 44.7 Å². The normalized spacial score (nSPS) is 16.8. The zero-order valence-corrected chi connectivity index (χ0v) is 15.1. The standard InChI is InChI=1S/C21H25N3O2/c1-26-21-5-3-2-4-19(21)24-12-10-23(11-13-24)15-20(25)17-7-6-16-8-9-22-18(16)14-17/h2-9,14,20,22,25H,10-13,15H2,1H3/t20-/m1/s1. The lowest BCUT2D eigenvalue weighted by atomic mass is 10.1. The fourth-order valence-electron chi connectivity index (χ4n) is 3.69. The average Bonchev–Trinajstić information content (AvgIpc) is 3.16. The molecule has 4 rings (SSSR count). The van der Waals surface area contributed by atoms with Crippen LogP contribution in [0.1, 0.15) is 11.7 Å². The molecule has 3 aromatic rings. The Morgan fingerprint density at radius 2 is 1.88 bits per heavy atom. The highest BCUT2D eigenvalue weighted by molar-refractivity contribution is 5.79. The summed E-state index contributed by atoms with van der Waals surface area (Å²) in [6, 6.07) is 16.3. The first-order valence-corrected chi connectivity index (χ1v) is 9.10.